The van der Waals surface area contributed by atoms with Gasteiger partial charge in [-0.2, -0.15) is 5.26 Å². The average Bonchev–Trinajstić information content (AvgIpc) is 2.49. The summed E-state index contributed by atoms with van der Waals surface area (Å²) in [5, 5.41) is 11.8. The van der Waals surface area contributed by atoms with E-state index in [0.29, 0.717) is 21.5 Å². The summed E-state index contributed by atoms with van der Waals surface area (Å²) in [5.41, 5.74) is 0.783. The van der Waals surface area contributed by atoms with E-state index in [0.717, 1.165) is 0 Å². The number of carbonyl (C=O) groups is 1. The maximum Gasteiger partial charge on any atom is 0.258 e. The molecule has 0 fully saturated rings. The molecule has 7 heteroatoms. The van der Waals surface area contributed by atoms with Crippen molar-refractivity contribution in [2.45, 2.75) is 0 Å². The van der Waals surface area contributed by atoms with Crippen molar-refractivity contribution in [2.24, 2.45) is 0 Å². The highest BCUT2D eigenvalue weighted by Crippen LogP contribution is 2.29. The number of methoxy groups -OCH3 is 1. The van der Waals surface area contributed by atoms with Crippen molar-refractivity contribution in [1.29, 1.82) is 5.26 Å². The van der Waals surface area contributed by atoms with Crippen LogP contribution < -0.4 is 10.1 Å². The van der Waals surface area contributed by atoms with Gasteiger partial charge >= 0.3 is 0 Å². The Labute approximate surface area is 134 Å². The number of benzene rings is 1. The molecular weight excluding hydrogens is 358 g/mol. The van der Waals surface area contributed by atoms with Crippen molar-refractivity contribution in [2.75, 3.05) is 12.4 Å². The Kier molecular flexibility index (Phi) is 4.78. The maximum atomic E-state index is 12.3. The molecule has 0 aliphatic rings. The van der Waals surface area contributed by atoms with Crippen molar-refractivity contribution in [3.8, 4) is 11.8 Å². The number of amides is 1. The van der Waals surface area contributed by atoms with E-state index in [1.807, 2.05) is 6.07 Å². The second-order valence-electron chi connectivity index (χ2n) is 3.94. The molecule has 1 aromatic carbocycles. The van der Waals surface area contributed by atoms with Crippen LogP contribution >= 0.6 is 27.5 Å². The van der Waals surface area contributed by atoms with Crippen molar-refractivity contribution in [3.05, 3.63) is 51.2 Å². The Hall–Kier alpha value is -2.10. The summed E-state index contributed by atoms with van der Waals surface area (Å²) < 4.78 is 5.78. The topological polar surface area (TPSA) is 75.0 Å². The van der Waals surface area contributed by atoms with Crippen molar-refractivity contribution >= 4 is 39.1 Å². The minimum absolute atomic E-state index is 0.0732. The normalized spacial score (nSPS) is 9.81. The number of nitrogens with zero attached hydrogens (tertiary/aromatic N) is 2. The molecule has 0 bridgehead atoms. The molecule has 1 amide bonds. The van der Waals surface area contributed by atoms with E-state index in [-0.39, 0.29) is 10.7 Å². The van der Waals surface area contributed by atoms with E-state index in [1.54, 1.807) is 24.3 Å². The van der Waals surface area contributed by atoms with E-state index < -0.39 is 5.91 Å². The molecule has 1 N–H and O–H groups in total. The van der Waals surface area contributed by atoms with Crippen LogP contribution in [0.1, 0.15) is 15.9 Å². The zero-order chi connectivity index (χ0) is 15.4. The quantitative estimate of drug-likeness (QED) is 0.842. The van der Waals surface area contributed by atoms with Gasteiger partial charge in [-0.1, -0.05) is 17.7 Å². The monoisotopic (exact) mass is 365 g/mol. The van der Waals surface area contributed by atoms with Crippen molar-refractivity contribution in [3.63, 3.8) is 0 Å². The van der Waals surface area contributed by atoms with E-state index >= 15 is 0 Å². The fourth-order valence-corrected chi connectivity index (χ4v) is 2.21. The lowest BCUT2D eigenvalue weighted by molar-refractivity contribution is 0.102. The number of anilines is 1. The average molecular weight is 367 g/mol. The number of carbonyl (C=O) groups excluding carboxylic acids is 1. The third-order valence-electron chi connectivity index (χ3n) is 2.66. The van der Waals surface area contributed by atoms with Gasteiger partial charge in [0.25, 0.3) is 5.91 Å². The van der Waals surface area contributed by atoms with Crippen LogP contribution in [0.2, 0.25) is 5.15 Å². The molecule has 5 nitrogen and oxygen atoms in total. The van der Waals surface area contributed by atoms with Gasteiger partial charge in [0.05, 0.1) is 18.2 Å². The third-order valence-corrected chi connectivity index (χ3v) is 3.39. The molecule has 0 atom stereocenters. The molecule has 0 saturated heterocycles. The number of para-hydroxylation sites is 1. The van der Waals surface area contributed by atoms with Gasteiger partial charge in [-0.3, -0.25) is 4.79 Å². The first-order valence-corrected chi connectivity index (χ1v) is 6.93. The first-order chi connectivity index (χ1) is 10.1. The molecule has 0 radical (unpaired) electrons. The molecule has 2 aromatic rings. The van der Waals surface area contributed by atoms with E-state index in [2.05, 4.69) is 26.2 Å². The Morgan fingerprint density at radius 1 is 1.52 bits per heavy atom. The predicted molar refractivity (Wildman–Crippen MR) is 82.6 cm³/mol. The predicted octanol–water partition coefficient (Wildman–Crippen LogP) is 3.63. The number of halogens is 2. The standard InChI is InChI=1S/C14H9BrClN3O2/c1-21-11-4-2-3-8(6-17)12(11)19-14(20)10-5-9(15)7-18-13(10)16/h2-5,7H,1H3,(H,19,20). The second-order valence-corrected chi connectivity index (χ2v) is 5.21. The number of ether oxygens (including phenoxy) is 1. The largest absolute Gasteiger partial charge is 0.495 e. The van der Waals surface area contributed by atoms with Crippen LogP contribution in [0, 0.1) is 11.3 Å². The minimum Gasteiger partial charge on any atom is -0.495 e. The molecule has 0 aliphatic carbocycles. The van der Waals surface area contributed by atoms with E-state index in [4.69, 9.17) is 21.6 Å². The van der Waals surface area contributed by atoms with Gasteiger partial charge in [-0.05, 0) is 34.1 Å². The van der Waals surface area contributed by atoms with Crippen molar-refractivity contribution < 1.29 is 9.53 Å². The second kappa shape index (κ2) is 6.57. The molecule has 0 saturated carbocycles. The molecular formula is C14H9BrClN3O2. The Morgan fingerprint density at radius 2 is 2.29 bits per heavy atom. The number of hydrogen-bond acceptors (Lipinski definition) is 4. The van der Waals surface area contributed by atoms with Crippen LogP contribution in [0.3, 0.4) is 0 Å². The zero-order valence-corrected chi connectivity index (χ0v) is 13.2. The summed E-state index contributed by atoms with van der Waals surface area (Å²) in [4.78, 5) is 16.2. The van der Waals surface area contributed by atoms with Crippen LogP contribution in [0.5, 0.6) is 5.75 Å². The summed E-state index contributed by atoms with van der Waals surface area (Å²) in [6.45, 7) is 0. The molecule has 0 aliphatic heterocycles. The smallest absolute Gasteiger partial charge is 0.258 e. The molecule has 21 heavy (non-hydrogen) atoms. The summed E-state index contributed by atoms with van der Waals surface area (Å²) in [6, 6.07) is 8.45. The van der Waals surface area contributed by atoms with E-state index in [9.17, 15) is 4.79 Å². The highest BCUT2D eigenvalue weighted by molar-refractivity contribution is 9.10. The number of pyridine rings is 1. The Morgan fingerprint density at radius 3 is 2.95 bits per heavy atom. The highest BCUT2D eigenvalue weighted by atomic mass is 79.9. The summed E-state index contributed by atoms with van der Waals surface area (Å²) in [7, 11) is 1.46. The summed E-state index contributed by atoms with van der Waals surface area (Å²) in [5.74, 6) is -0.0868. The van der Waals surface area contributed by atoms with Crippen LogP contribution in [0.25, 0.3) is 0 Å². The number of aromatic nitrogens is 1. The fourth-order valence-electron chi connectivity index (χ4n) is 1.69. The van der Waals surface area contributed by atoms with Crippen LogP contribution in [-0.2, 0) is 0 Å². The van der Waals surface area contributed by atoms with Gasteiger partial charge in [-0.25, -0.2) is 4.98 Å². The molecule has 1 aromatic heterocycles. The number of hydrogen-bond donors (Lipinski definition) is 1. The molecule has 2 rings (SSSR count). The Balaban J connectivity index is 2.41. The molecule has 1 heterocycles. The summed E-state index contributed by atoms with van der Waals surface area (Å²) in [6.07, 6.45) is 1.49. The molecule has 0 unspecified atom stereocenters. The molecule has 106 valence electrons. The van der Waals surface area contributed by atoms with Gasteiger partial charge in [0.2, 0.25) is 0 Å². The first-order valence-electron chi connectivity index (χ1n) is 5.76. The van der Waals surface area contributed by atoms with Gasteiger partial charge in [0.15, 0.2) is 0 Å². The first kappa shape index (κ1) is 15.3. The lowest BCUT2D eigenvalue weighted by atomic mass is 10.1. The zero-order valence-electron chi connectivity index (χ0n) is 10.9. The van der Waals surface area contributed by atoms with Gasteiger partial charge in [0.1, 0.15) is 22.7 Å². The lowest BCUT2D eigenvalue weighted by Gasteiger charge is -2.12. The lowest BCUT2D eigenvalue weighted by Crippen LogP contribution is -2.14. The van der Waals surface area contributed by atoms with Crippen LogP contribution in [0.15, 0.2) is 34.9 Å². The maximum absolute atomic E-state index is 12.3. The van der Waals surface area contributed by atoms with E-state index in [1.165, 1.54) is 13.3 Å². The minimum atomic E-state index is -0.477. The van der Waals surface area contributed by atoms with Gasteiger partial charge < -0.3 is 10.1 Å². The number of nitrogens with one attached hydrogen (secondary N) is 1. The van der Waals surface area contributed by atoms with Crippen molar-refractivity contribution in [1.82, 2.24) is 4.98 Å². The third kappa shape index (κ3) is 3.32. The van der Waals surface area contributed by atoms with Crippen LogP contribution in [-0.4, -0.2) is 18.0 Å². The molecule has 0 spiro atoms. The fraction of sp³-hybridized carbons (Fsp3) is 0.0714. The van der Waals surface area contributed by atoms with Gasteiger partial charge in [0, 0.05) is 10.7 Å². The summed E-state index contributed by atoms with van der Waals surface area (Å²) >= 11 is 9.14. The van der Waals surface area contributed by atoms with Gasteiger partial charge in [-0.15, -0.1) is 0 Å². The Bertz CT molecular complexity index is 743. The number of nitriles is 1. The highest BCUT2D eigenvalue weighted by Gasteiger charge is 2.16. The SMILES string of the molecule is COc1cccc(C#N)c1NC(=O)c1cc(Br)cnc1Cl. The number of rotatable bonds is 3. The van der Waals surface area contributed by atoms with Crippen LogP contribution in [0.4, 0.5) is 5.69 Å².